The number of terminal acetylenes is 1. The first-order valence-corrected chi connectivity index (χ1v) is 7.68. The van der Waals surface area contributed by atoms with E-state index in [-0.39, 0.29) is 17.2 Å². The van der Waals surface area contributed by atoms with Crippen LogP contribution in [0.25, 0.3) is 11.3 Å². The molecule has 3 nitrogen and oxygen atoms in total. The van der Waals surface area contributed by atoms with E-state index in [1.165, 1.54) is 12.1 Å². The van der Waals surface area contributed by atoms with Crippen LogP contribution in [0, 0.1) is 18.2 Å². The highest BCUT2D eigenvalue weighted by atomic mass is 35.5. The number of hydrogen-bond donors (Lipinski definition) is 0. The zero-order chi connectivity index (χ0) is 15.7. The standard InChI is InChI=1S/C16H13Cl2FN2O/c1-2-7-22-14-8-10(12(19)9-11(14)17)16-15(18)13-5-3-4-6-21(13)20-16/h1,8-9H,3-7H2. The zero-order valence-corrected chi connectivity index (χ0v) is 13.2. The Morgan fingerprint density at radius 1 is 1.36 bits per heavy atom. The van der Waals surface area contributed by atoms with Crippen LogP contribution in [0.1, 0.15) is 18.5 Å². The van der Waals surface area contributed by atoms with Crippen molar-refractivity contribution in [1.29, 1.82) is 0 Å². The molecular formula is C16H13Cl2FN2O. The molecule has 0 amide bonds. The second-order valence-electron chi connectivity index (χ2n) is 5.04. The summed E-state index contributed by atoms with van der Waals surface area (Å²) in [5, 5.41) is 5.09. The van der Waals surface area contributed by atoms with Crippen LogP contribution in [0.2, 0.25) is 10.0 Å². The van der Waals surface area contributed by atoms with Crippen molar-refractivity contribution in [3.63, 3.8) is 0 Å². The van der Waals surface area contributed by atoms with Gasteiger partial charge >= 0.3 is 0 Å². The summed E-state index contributed by atoms with van der Waals surface area (Å²) in [5.74, 6) is 2.18. The molecule has 1 aliphatic rings. The van der Waals surface area contributed by atoms with E-state index in [2.05, 4.69) is 11.0 Å². The highest BCUT2D eigenvalue weighted by Crippen LogP contribution is 2.38. The summed E-state index contributed by atoms with van der Waals surface area (Å²) >= 11 is 12.4. The Balaban J connectivity index is 2.08. The van der Waals surface area contributed by atoms with Crippen molar-refractivity contribution in [2.45, 2.75) is 25.8 Å². The zero-order valence-electron chi connectivity index (χ0n) is 11.7. The Labute approximate surface area is 138 Å². The van der Waals surface area contributed by atoms with Gasteiger partial charge in [0.1, 0.15) is 23.9 Å². The van der Waals surface area contributed by atoms with Crippen LogP contribution in [-0.2, 0) is 13.0 Å². The van der Waals surface area contributed by atoms with Gasteiger partial charge in [-0.2, -0.15) is 5.10 Å². The number of rotatable bonds is 3. The maximum atomic E-state index is 14.3. The largest absolute Gasteiger partial charge is 0.479 e. The molecule has 1 aliphatic heterocycles. The number of fused-ring (bicyclic) bond motifs is 1. The predicted molar refractivity (Wildman–Crippen MR) is 84.9 cm³/mol. The molecule has 0 atom stereocenters. The highest BCUT2D eigenvalue weighted by molar-refractivity contribution is 6.34. The van der Waals surface area contributed by atoms with Gasteiger partial charge in [0.05, 0.1) is 15.7 Å². The van der Waals surface area contributed by atoms with Crippen molar-refractivity contribution in [2.75, 3.05) is 6.61 Å². The molecule has 0 saturated heterocycles. The van der Waals surface area contributed by atoms with Crippen molar-refractivity contribution >= 4 is 23.2 Å². The molecule has 0 unspecified atom stereocenters. The van der Waals surface area contributed by atoms with Crippen molar-refractivity contribution in [2.24, 2.45) is 0 Å². The van der Waals surface area contributed by atoms with Gasteiger partial charge < -0.3 is 4.74 Å². The third-order valence-corrected chi connectivity index (χ3v) is 4.31. The molecule has 1 aromatic carbocycles. The highest BCUT2D eigenvalue weighted by Gasteiger charge is 2.23. The number of aromatic nitrogens is 2. The van der Waals surface area contributed by atoms with Gasteiger partial charge in [-0.3, -0.25) is 4.68 Å². The van der Waals surface area contributed by atoms with E-state index in [0.29, 0.717) is 16.5 Å². The summed E-state index contributed by atoms with van der Waals surface area (Å²) in [5.41, 5.74) is 1.63. The van der Waals surface area contributed by atoms with Crippen LogP contribution in [-0.4, -0.2) is 16.4 Å². The lowest BCUT2D eigenvalue weighted by molar-refractivity contribution is 0.370. The van der Waals surface area contributed by atoms with E-state index < -0.39 is 5.82 Å². The van der Waals surface area contributed by atoms with E-state index in [1.807, 2.05) is 4.68 Å². The van der Waals surface area contributed by atoms with Gasteiger partial charge in [-0.25, -0.2) is 4.39 Å². The lowest BCUT2D eigenvalue weighted by atomic mass is 10.1. The molecule has 114 valence electrons. The summed E-state index contributed by atoms with van der Waals surface area (Å²) in [6.07, 6.45) is 8.12. The van der Waals surface area contributed by atoms with Crippen LogP contribution >= 0.6 is 23.2 Å². The molecule has 2 aromatic rings. The Hall–Kier alpha value is -1.70. The van der Waals surface area contributed by atoms with E-state index in [0.717, 1.165) is 31.5 Å². The van der Waals surface area contributed by atoms with Gasteiger partial charge in [-0.05, 0) is 31.4 Å². The van der Waals surface area contributed by atoms with E-state index in [4.69, 9.17) is 34.4 Å². The van der Waals surface area contributed by atoms with Crippen LogP contribution in [0.3, 0.4) is 0 Å². The number of benzene rings is 1. The summed E-state index contributed by atoms with van der Waals surface area (Å²) < 4.78 is 21.5. The van der Waals surface area contributed by atoms with Gasteiger partial charge in [0.2, 0.25) is 0 Å². The molecule has 0 radical (unpaired) electrons. The lowest BCUT2D eigenvalue weighted by Crippen LogP contribution is -2.10. The Bertz CT molecular complexity index is 764. The summed E-state index contributed by atoms with van der Waals surface area (Å²) in [6, 6.07) is 2.69. The van der Waals surface area contributed by atoms with E-state index in [9.17, 15) is 4.39 Å². The summed E-state index contributed by atoms with van der Waals surface area (Å²) in [4.78, 5) is 0. The molecule has 3 rings (SSSR count). The fourth-order valence-corrected chi connectivity index (χ4v) is 3.10. The molecule has 0 N–H and O–H groups in total. The minimum absolute atomic E-state index is 0.0538. The SMILES string of the molecule is C#CCOc1cc(-c2nn3c(c2Cl)CCCC3)c(F)cc1Cl. The van der Waals surface area contributed by atoms with Gasteiger partial charge in [0.15, 0.2) is 0 Å². The van der Waals surface area contributed by atoms with Gasteiger partial charge in [-0.15, -0.1) is 6.42 Å². The smallest absolute Gasteiger partial charge is 0.148 e. The summed E-state index contributed by atoms with van der Waals surface area (Å²) in [7, 11) is 0. The van der Waals surface area contributed by atoms with Crippen LogP contribution in [0.4, 0.5) is 4.39 Å². The third kappa shape index (κ3) is 2.67. The van der Waals surface area contributed by atoms with Crippen molar-refractivity contribution in [3.05, 3.63) is 33.7 Å². The van der Waals surface area contributed by atoms with Crippen LogP contribution in [0.5, 0.6) is 5.75 Å². The second kappa shape index (κ2) is 6.20. The average molecular weight is 339 g/mol. The number of nitrogens with zero attached hydrogens (tertiary/aromatic N) is 2. The molecular weight excluding hydrogens is 326 g/mol. The molecule has 22 heavy (non-hydrogen) atoms. The second-order valence-corrected chi connectivity index (χ2v) is 5.83. The fraction of sp³-hybridized carbons (Fsp3) is 0.312. The minimum atomic E-state index is -0.490. The third-order valence-electron chi connectivity index (χ3n) is 3.61. The molecule has 0 fully saturated rings. The molecule has 0 aliphatic carbocycles. The number of hydrogen-bond acceptors (Lipinski definition) is 2. The average Bonchev–Trinajstić information content (AvgIpc) is 2.84. The Kier molecular flexibility index (Phi) is 4.28. The molecule has 6 heteroatoms. The molecule has 0 spiro atoms. The Morgan fingerprint density at radius 3 is 2.91 bits per heavy atom. The molecule has 2 heterocycles. The summed E-state index contributed by atoms with van der Waals surface area (Å²) in [6.45, 7) is 0.850. The van der Waals surface area contributed by atoms with E-state index in [1.54, 1.807) is 0 Å². The normalized spacial score (nSPS) is 13.5. The van der Waals surface area contributed by atoms with Gasteiger partial charge in [0.25, 0.3) is 0 Å². The van der Waals surface area contributed by atoms with Gasteiger partial charge in [-0.1, -0.05) is 29.1 Å². The minimum Gasteiger partial charge on any atom is -0.479 e. The van der Waals surface area contributed by atoms with Crippen molar-refractivity contribution < 1.29 is 9.13 Å². The maximum absolute atomic E-state index is 14.3. The fourth-order valence-electron chi connectivity index (χ4n) is 2.57. The monoisotopic (exact) mass is 338 g/mol. The predicted octanol–water partition coefficient (Wildman–Crippen LogP) is 4.34. The van der Waals surface area contributed by atoms with Gasteiger partial charge in [0, 0.05) is 12.1 Å². The lowest BCUT2D eigenvalue weighted by Gasteiger charge is -2.12. The number of halogens is 3. The van der Waals surface area contributed by atoms with Crippen molar-refractivity contribution in [3.8, 4) is 29.4 Å². The quantitative estimate of drug-likeness (QED) is 0.778. The molecule has 1 aromatic heterocycles. The first-order valence-electron chi connectivity index (χ1n) is 6.92. The van der Waals surface area contributed by atoms with E-state index >= 15 is 0 Å². The number of ether oxygens (including phenoxy) is 1. The van der Waals surface area contributed by atoms with Crippen LogP contribution in [0.15, 0.2) is 12.1 Å². The first-order chi connectivity index (χ1) is 10.6. The molecule has 0 bridgehead atoms. The number of aryl methyl sites for hydroxylation is 1. The maximum Gasteiger partial charge on any atom is 0.148 e. The molecule has 0 saturated carbocycles. The topological polar surface area (TPSA) is 27.1 Å². The van der Waals surface area contributed by atoms with Crippen LogP contribution < -0.4 is 4.74 Å². The van der Waals surface area contributed by atoms with Crippen molar-refractivity contribution in [1.82, 2.24) is 9.78 Å². The Morgan fingerprint density at radius 2 is 2.18 bits per heavy atom. The first kappa shape index (κ1) is 15.2.